The molecule has 1 fully saturated rings. The summed E-state index contributed by atoms with van der Waals surface area (Å²) in [5.74, 6) is -1.20. The summed E-state index contributed by atoms with van der Waals surface area (Å²) in [6.07, 6.45) is 0.961. The minimum Gasteiger partial charge on any atom is -0.480 e. The highest BCUT2D eigenvalue weighted by Gasteiger charge is 2.46. The highest BCUT2D eigenvalue weighted by molar-refractivity contribution is 5.97. The molecule has 4 atom stereocenters. The first-order valence-corrected chi connectivity index (χ1v) is 10.1. The zero-order valence-corrected chi connectivity index (χ0v) is 17.5. The molecular weight excluding hydrogens is 380 g/mol. The fourth-order valence-corrected chi connectivity index (χ4v) is 4.07. The summed E-state index contributed by atoms with van der Waals surface area (Å²) < 4.78 is 0. The van der Waals surface area contributed by atoms with Crippen molar-refractivity contribution in [2.75, 3.05) is 0 Å². The summed E-state index contributed by atoms with van der Waals surface area (Å²) in [5.41, 5.74) is 7.20. The second-order valence-electron chi connectivity index (χ2n) is 8.69. The predicted octanol–water partition coefficient (Wildman–Crippen LogP) is 3.08. The number of aliphatic carboxylic acids is 1. The summed E-state index contributed by atoms with van der Waals surface area (Å²) in [6, 6.07) is 15.8. The van der Waals surface area contributed by atoms with E-state index in [1.54, 1.807) is 45.0 Å². The van der Waals surface area contributed by atoms with Crippen LogP contribution in [0.4, 0.5) is 0 Å². The fourth-order valence-electron chi connectivity index (χ4n) is 4.07. The van der Waals surface area contributed by atoms with Gasteiger partial charge in [-0.25, -0.2) is 4.79 Å². The molecule has 0 saturated heterocycles. The monoisotopic (exact) mass is 408 g/mol. The number of nitrogens with one attached hydrogen (secondary N) is 1. The second kappa shape index (κ2) is 8.40. The van der Waals surface area contributed by atoms with Crippen LogP contribution in [0.15, 0.2) is 54.6 Å². The number of hydrogen-bond donors (Lipinski definition) is 3. The van der Waals surface area contributed by atoms with Gasteiger partial charge in [-0.3, -0.25) is 9.59 Å². The number of amides is 1. The van der Waals surface area contributed by atoms with Gasteiger partial charge in [0.1, 0.15) is 11.8 Å². The molecule has 2 aromatic rings. The van der Waals surface area contributed by atoms with E-state index in [0.29, 0.717) is 11.5 Å². The molecule has 1 amide bonds. The van der Waals surface area contributed by atoms with E-state index in [2.05, 4.69) is 17.4 Å². The molecule has 1 aliphatic carbocycles. The van der Waals surface area contributed by atoms with Gasteiger partial charge in [0.25, 0.3) is 5.91 Å². The minimum absolute atomic E-state index is 0.103. The summed E-state index contributed by atoms with van der Waals surface area (Å²) in [7, 11) is 0. The Hall–Kier alpha value is -2.99. The lowest BCUT2D eigenvalue weighted by Gasteiger charge is -2.27. The number of nitrogens with two attached hydrogens (primary N) is 1. The lowest BCUT2D eigenvalue weighted by Crippen LogP contribution is -2.58. The Kier molecular flexibility index (Phi) is 6.08. The Morgan fingerprint density at radius 3 is 2.17 bits per heavy atom. The lowest BCUT2D eigenvalue weighted by molar-refractivity contribution is -0.140. The van der Waals surface area contributed by atoms with E-state index in [0.717, 1.165) is 12.0 Å². The van der Waals surface area contributed by atoms with Crippen molar-refractivity contribution in [2.24, 2.45) is 11.7 Å². The van der Waals surface area contributed by atoms with Crippen molar-refractivity contribution in [3.8, 4) is 0 Å². The molecule has 6 heteroatoms. The number of Topliss-reactive ketones (excluding diaryl/α,β-unsaturated/α-hetero) is 1. The molecular formula is C24H28N2O4. The van der Waals surface area contributed by atoms with E-state index in [4.69, 9.17) is 5.73 Å². The normalized spacial score (nSPS) is 20.1. The SMILES string of the molecule is CC(=O)C(c1ccc(C(=O)N[C@H](C(=O)O)C(C)(C)N)cc1)C1CC1c1ccccc1. The number of benzene rings is 2. The molecule has 30 heavy (non-hydrogen) atoms. The zero-order valence-electron chi connectivity index (χ0n) is 17.5. The Bertz CT molecular complexity index is 932. The van der Waals surface area contributed by atoms with Gasteiger partial charge in [-0.2, -0.15) is 0 Å². The minimum atomic E-state index is -1.22. The number of ketones is 1. The summed E-state index contributed by atoms with van der Waals surface area (Å²) in [5, 5.41) is 11.8. The highest BCUT2D eigenvalue weighted by Crippen LogP contribution is 2.55. The maximum Gasteiger partial charge on any atom is 0.328 e. The quantitative estimate of drug-likeness (QED) is 0.622. The maximum absolute atomic E-state index is 12.5. The number of rotatable bonds is 8. The summed E-state index contributed by atoms with van der Waals surface area (Å²) in [6.45, 7) is 4.70. The van der Waals surface area contributed by atoms with Gasteiger partial charge in [0.15, 0.2) is 0 Å². The number of carboxylic acids is 1. The van der Waals surface area contributed by atoms with Crippen LogP contribution in [0.1, 0.15) is 60.5 Å². The molecule has 6 nitrogen and oxygen atoms in total. The largest absolute Gasteiger partial charge is 0.480 e. The van der Waals surface area contributed by atoms with Crippen molar-refractivity contribution in [1.82, 2.24) is 5.32 Å². The van der Waals surface area contributed by atoms with E-state index in [1.807, 2.05) is 18.2 Å². The molecule has 2 aromatic carbocycles. The van der Waals surface area contributed by atoms with Gasteiger partial charge in [0, 0.05) is 17.0 Å². The summed E-state index contributed by atoms with van der Waals surface area (Å²) >= 11 is 0. The Morgan fingerprint density at radius 1 is 1.07 bits per heavy atom. The van der Waals surface area contributed by atoms with Gasteiger partial charge in [-0.05, 0) is 62.3 Å². The van der Waals surface area contributed by atoms with E-state index in [9.17, 15) is 19.5 Å². The third-order valence-electron chi connectivity index (χ3n) is 5.73. The average molecular weight is 408 g/mol. The van der Waals surface area contributed by atoms with Crippen LogP contribution in [0.3, 0.4) is 0 Å². The molecule has 0 aromatic heterocycles. The van der Waals surface area contributed by atoms with Gasteiger partial charge < -0.3 is 16.2 Å². The van der Waals surface area contributed by atoms with E-state index in [1.165, 1.54) is 5.56 Å². The molecule has 0 bridgehead atoms. The Labute approximate surface area is 176 Å². The number of carbonyl (C=O) groups is 3. The van der Waals surface area contributed by atoms with Crippen LogP contribution in [0.25, 0.3) is 0 Å². The standard InChI is InChI=1S/C24H28N2O4/c1-14(27)20(19-13-18(19)15-7-5-4-6-8-15)16-9-11-17(12-10-16)22(28)26-21(23(29)30)24(2,3)25/h4-12,18-21H,13,25H2,1-3H3,(H,26,28)(H,29,30)/t18?,19?,20?,21-/m1/s1. The molecule has 3 unspecified atom stereocenters. The zero-order chi connectivity index (χ0) is 22.1. The number of carboxylic acid groups (broad SMARTS) is 1. The van der Waals surface area contributed by atoms with Crippen LogP contribution < -0.4 is 11.1 Å². The molecule has 1 saturated carbocycles. The highest BCUT2D eigenvalue weighted by atomic mass is 16.4. The molecule has 0 heterocycles. The first-order chi connectivity index (χ1) is 14.1. The molecule has 0 radical (unpaired) electrons. The van der Waals surface area contributed by atoms with Crippen LogP contribution in [0.2, 0.25) is 0 Å². The molecule has 0 aliphatic heterocycles. The van der Waals surface area contributed by atoms with Gasteiger partial charge in [-0.1, -0.05) is 42.5 Å². The number of hydrogen-bond acceptors (Lipinski definition) is 4. The maximum atomic E-state index is 12.5. The van der Waals surface area contributed by atoms with Crippen LogP contribution in [0, 0.1) is 5.92 Å². The van der Waals surface area contributed by atoms with E-state index in [-0.39, 0.29) is 17.6 Å². The topological polar surface area (TPSA) is 109 Å². The van der Waals surface area contributed by atoms with Gasteiger partial charge in [-0.15, -0.1) is 0 Å². The fraction of sp³-hybridized carbons (Fsp3) is 0.375. The molecule has 4 N–H and O–H groups in total. The lowest BCUT2D eigenvalue weighted by atomic mass is 9.88. The third-order valence-corrected chi connectivity index (χ3v) is 5.73. The van der Waals surface area contributed by atoms with Crippen molar-refractivity contribution in [2.45, 2.75) is 50.6 Å². The Balaban J connectivity index is 1.74. The van der Waals surface area contributed by atoms with Crippen LogP contribution >= 0.6 is 0 Å². The molecule has 3 rings (SSSR count). The number of carbonyl (C=O) groups excluding carboxylic acids is 2. The third kappa shape index (κ3) is 4.76. The van der Waals surface area contributed by atoms with E-state index >= 15 is 0 Å². The predicted molar refractivity (Wildman–Crippen MR) is 114 cm³/mol. The Morgan fingerprint density at radius 2 is 1.67 bits per heavy atom. The van der Waals surface area contributed by atoms with Crippen molar-refractivity contribution in [3.05, 3.63) is 71.3 Å². The first kappa shape index (κ1) is 21.7. The second-order valence-corrected chi connectivity index (χ2v) is 8.69. The van der Waals surface area contributed by atoms with Crippen molar-refractivity contribution in [1.29, 1.82) is 0 Å². The summed E-state index contributed by atoms with van der Waals surface area (Å²) in [4.78, 5) is 36.3. The van der Waals surface area contributed by atoms with Crippen molar-refractivity contribution in [3.63, 3.8) is 0 Å². The van der Waals surface area contributed by atoms with Crippen molar-refractivity contribution >= 4 is 17.7 Å². The first-order valence-electron chi connectivity index (χ1n) is 10.1. The van der Waals surface area contributed by atoms with Gasteiger partial charge in [0.2, 0.25) is 0 Å². The average Bonchev–Trinajstić information content (AvgIpc) is 3.46. The van der Waals surface area contributed by atoms with Crippen molar-refractivity contribution < 1.29 is 19.5 Å². The molecule has 0 spiro atoms. The van der Waals surface area contributed by atoms with Crippen LogP contribution in [0.5, 0.6) is 0 Å². The molecule has 158 valence electrons. The van der Waals surface area contributed by atoms with E-state index < -0.39 is 23.5 Å². The van der Waals surface area contributed by atoms with Crippen LogP contribution in [-0.4, -0.2) is 34.3 Å². The van der Waals surface area contributed by atoms with Crippen LogP contribution in [-0.2, 0) is 9.59 Å². The smallest absolute Gasteiger partial charge is 0.328 e. The molecule has 1 aliphatic rings. The van der Waals surface area contributed by atoms with Gasteiger partial charge in [0.05, 0.1) is 0 Å². The van der Waals surface area contributed by atoms with Gasteiger partial charge >= 0.3 is 5.97 Å².